The fraction of sp³-hybridized carbons (Fsp3) is 0.667. The van der Waals surface area contributed by atoms with Crippen LogP contribution in [0.2, 0.25) is 0 Å². The fourth-order valence-electron chi connectivity index (χ4n) is 1.11. The van der Waals surface area contributed by atoms with Crippen LogP contribution in [0.5, 0.6) is 0 Å². The van der Waals surface area contributed by atoms with Crippen LogP contribution in [0, 0.1) is 10.1 Å². The first-order valence-electron chi connectivity index (χ1n) is 3.98. The first-order chi connectivity index (χ1) is 6.84. The van der Waals surface area contributed by atoms with Gasteiger partial charge in [-0.1, -0.05) is 11.8 Å². The van der Waals surface area contributed by atoms with Crippen molar-refractivity contribution < 1.29 is 13.3 Å². The summed E-state index contributed by atoms with van der Waals surface area (Å²) in [6.07, 6.45) is 1.73. The van der Waals surface area contributed by atoms with Crippen molar-refractivity contribution in [3.05, 3.63) is 19.7 Å². The maximum absolute atomic E-state index is 11.4. The SMILES string of the molecule is CS(=O)(=O)N1CCCS/C1=C(/Br)[N+](=O)[O-]. The summed E-state index contributed by atoms with van der Waals surface area (Å²) in [4.78, 5) is 9.90. The molecule has 15 heavy (non-hydrogen) atoms. The smallest absolute Gasteiger partial charge is 0.258 e. The topological polar surface area (TPSA) is 80.5 Å². The molecule has 0 aliphatic carbocycles. The largest absolute Gasteiger partial charge is 0.341 e. The van der Waals surface area contributed by atoms with Crippen molar-refractivity contribution in [3.63, 3.8) is 0 Å². The van der Waals surface area contributed by atoms with Crippen molar-refractivity contribution in [3.8, 4) is 0 Å². The van der Waals surface area contributed by atoms with Gasteiger partial charge in [-0.05, 0) is 6.42 Å². The Kier molecular flexibility index (Phi) is 4.01. The molecular formula is C6H9BrN2O4S2. The second kappa shape index (κ2) is 4.71. The van der Waals surface area contributed by atoms with Gasteiger partial charge in [0.1, 0.15) is 0 Å². The van der Waals surface area contributed by atoms with Gasteiger partial charge in [0, 0.05) is 28.2 Å². The Labute approximate surface area is 100 Å². The molecule has 0 saturated carbocycles. The highest BCUT2D eigenvalue weighted by atomic mass is 79.9. The highest BCUT2D eigenvalue weighted by molar-refractivity contribution is 9.11. The Morgan fingerprint density at radius 2 is 2.27 bits per heavy atom. The molecule has 1 aliphatic heterocycles. The van der Waals surface area contributed by atoms with Gasteiger partial charge < -0.3 is 0 Å². The molecular weight excluding hydrogens is 308 g/mol. The quantitative estimate of drug-likeness (QED) is 0.434. The van der Waals surface area contributed by atoms with E-state index >= 15 is 0 Å². The summed E-state index contributed by atoms with van der Waals surface area (Å²) in [5.74, 6) is 0.685. The molecule has 0 bridgehead atoms. The van der Waals surface area contributed by atoms with Gasteiger partial charge in [-0.3, -0.25) is 14.4 Å². The van der Waals surface area contributed by atoms with Gasteiger partial charge in [0.15, 0.2) is 5.03 Å². The predicted octanol–water partition coefficient (Wildman–Crippen LogP) is 1.18. The number of thioether (sulfide) groups is 1. The Morgan fingerprint density at radius 3 is 2.73 bits per heavy atom. The van der Waals surface area contributed by atoms with Gasteiger partial charge in [0.05, 0.1) is 11.2 Å². The molecule has 1 saturated heterocycles. The molecule has 86 valence electrons. The van der Waals surface area contributed by atoms with E-state index in [4.69, 9.17) is 0 Å². The maximum atomic E-state index is 11.4. The minimum atomic E-state index is -3.43. The van der Waals surface area contributed by atoms with Crippen LogP contribution in [0.15, 0.2) is 9.64 Å². The van der Waals surface area contributed by atoms with E-state index in [9.17, 15) is 18.5 Å². The van der Waals surface area contributed by atoms with E-state index in [2.05, 4.69) is 15.9 Å². The van der Waals surface area contributed by atoms with Crippen LogP contribution >= 0.6 is 27.7 Å². The highest BCUT2D eigenvalue weighted by Crippen LogP contribution is 2.33. The van der Waals surface area contributed by atoms with E-state index in [0.29, 0.717) is 18.7 Å². The van der Waals surface area contributed by atoms with Crippen LogP contribution in [-0.2, 0) is 10.0 Å². The maximum Gasteiger partial charge on any atom is 0.341 e. The summed E-state index contributed by atoms with van der Waals surface area (Å²) < 4.78 is 23.5. The monoisotopic (exact) mass is 316 g/mol. The average Bonchev–Trinajstić information content (AvgIpc) is 2.15. The molecule has 1 fully saturated rings. The lowest BCUT2D eigenvalue weighted by molar-refractivity contribution is -0.410. The molecule has 1 rings (SSSR count). The standard InChI is InChI=1S/C6H9BrN2O4S2/c1-15(12,13)8-3-2-4-14-6(8)5(7)9(10)11/h2-4H2,1H3/b6-5-. The minimum absolute atomic E-state index is 0.161. The Balaban J connectivity index is 3.14. The minimum Gasteiger partial charge on any atom is -0.258 e. The zero-order chi connectivity index (χ0) is 11.6. The van der Waals surface area contributed by atoms with Crippen LogP contribution in [-0.4, -0.2) is 36.2 Å². The number of hydrogen-bond donors (Lipinski definition) is 0. The van der Waals surface area contributed by atoms with E-state index in [0.717, 1.165) is 10.6 Å². The lowest BCUT2D eigenvalue weighted by Gasteiger charge is -2.27. The molecule has 1 aliphatic rings. The summed E-state index contributed by atoms with van der Waals surface area (Å²) in [7, 11) is -3.43. The number of nitrogens with zero attached hydrogens (tertiary/aromatic N) is 2. The van der Waals surface area contributed by atoms with Gasteiger partial charge in [-0.25, -0.2) is 8.42 Å². The lowest BCUT2D eigenvalue weighted by atomic mass is 10.5. The molecule has 0 spiro atoms. The number of sulfonamides is 1. The Morgan fingerprint density at radius 1 is 1.67 bits per heavy atom. The van der Waals surface area contributed by atoms with Crippen LogP contribution in [0.25, 0.3) is 0 Å². The molecule has 1 heterocycles. The lowest BCUT2D eigenvalue weighted by Crippen LogP contribution is -2.33. The van der Waals surface area contributed by atoms with Gasteiger partial charge >= 0.3 is 4.61 Å². The molecule has 0 radical (unpaired) electrons. The molecule has 0 aromatic heterocycles. The fourth-order valence-corrected chi connectivity index (χ4v) is 4.09. The number of nitro groups is 1. The molecule has 9 heteroatoms. The molecule has 0 amide bonds. The van der Waals surface area contributed by atoms with E-state index < -0.39 is 14.9 Å². The summed E-state index contributed by atoms with van der Waals surface area (Å²) in [5.41, 5.74) is 0. The summed E-state index contributed by atoms with van der Waals surface area (Å²) >= 11 is 3.96. The van der Waals surface area contributed by atoms with Crippen LogP contribution in [0.3, 0.4) is 0 Å². The summed E-state index contributed by atoms with van der Waals surface area (Å²) in [5, 5.41) is 10.7. The van der Waals surface area contributed by atoms with Gasteiger partial charge in [-0.15, -0.1) is 0 Å². The van der Waals surface area contributed by atoms with E-state index in [1.165, 1.54) is 11.8 Å². The number of halogens is 1. The number of hydrogen-bond acceptors (Lipinski definition) is 5. The van der Waals surface area contributed by atoms with Gasteiger partial charge in [0.25, 0.3) is 0 Å². The van der Waals surface area contributed by atoms with Crippen LogP contribution in [0.4, 0.5) is 0 Å². The second-order valence-corrected chi connectivity index (χ2v) is 6.63. The third kappa shape index (κ3) is 3.08. The van der Waals surface area contributed by atoms with Crippen molar-refractivity contribution in [1.29, 1.82) is 0 Å². The molecule has 0 unspecified atom stereocenters. The van der Waals surface area contributed by atoms with Crippen LogP contribution in [0.1, 0.15) is 6.42 Å². The van der Waals surface area contributed by atoms with Gasteiger partial charge in [0.2, 0.25) is 10.0 Å². The molecule has 0 aromatic carbocycles. The molecule has 0 atom stereocenters. The second-order valence-electron chi connectivity index (χ2n) is 2.89. The molecule has 6 nitrogen and oxygen atoms in total. The van der Waals surface area contributed by atoms with Crippen molar-refractivity contribution in [2.75, 3.05) is 18.6 Å². The van der Waals surface area contributed by atoms with Crippen LogP contribution < -0.4 is 0 Å². The third-order valence-corrected chi connectivity index (χ3v) is 5.10. The predicted molar refractivity (Wildman–Crippen MR) is 61.6 cm³/mol. The Hall–Kier alpha value is -0.280. The molecule has 0 N–H and O–H groups in total. The zero-order valence-electron chi connectivity index (χ0n) is 7.84. The average molecular weight is 317 g/mol. The van der Waals surface area contributed by atoms with Crippen molar-refractivity contribution in [2.45, 2.75) is 6.42 Å². The van der Waals surface area contributed by atoms with E-state index in [1.807, 2.05) is 0 Å². The summed E-state index contributed by atoms with van der Waals surface area (Å²) in [6, 6.07) is 0. The van der Waals surface area contributed by atoms with Crippen molar-refractivity contribution >= 4 is 37.7 Å². The first kappa shape index (κ1) is 12.8. The molecule has 0 aromatic rings. The third-order valence-electron chi connectivity index (χ3n) is 1.71. The summed E-state index contributed by atoms with van der Waals surface area (Å²) in [6.45, 7) is 0.296. The first-order valence-corrected chi connectivity index (χ1v) is 7.61. The van der Waals surface area contributed by atoms with Gasteiger partial charge in [-0.2, -0.15) is 0 Å². The van der Waals surface area contributed by atoms with Crippen molar-refractivity contribution in [2.24, 2.45) is 0 Å². The zero-order valence-corrected chi connectivity index (χ0v) is 11.1. The number of rotatable bonds is 2. The normalized spacial score (nSPS) is 21.3. The van der Waals surface area contributed by atoms with E-state index in [1.54, 1.807) is 0 Å². The van der Waals surface area contributed by atoms with E-state index in [-0.39, 0.29) is 9.64 Å². The van der Waals surface area contributed by atoms with Crippen molar-refractivity contribution in [1.82, 2.24) is 4.31 Å². The Bertz CT molecular complexity index is 405. The highest BCUT2D eigenvalue weighted by Gasteiger charge is 2.30.